The summed E-state index contributed by atoms with van der Waals surface area (Å²) in [6.07, 6.45) is -4.76. The molecular weight excluding hydrogens is 411 g/mol. The van der Waals surface area contributed by atoms with E-state index in [0.29, 0.717) is 5.06 Å². The molecule has 2 aromatic carbocycles. The standard InChI is InChI=1S/C17H8F7N3O2/c18-12-11(17(22,23)24)13(19)15(21)16(14(12)20)27-10(6-7-25-27)26(8-28)29-9-4-2-1-3-5-9/h1-8H. The van der Waals surface area contributed by atoms with E-state index < -0.39 is 46.5 Å². The van der Waals surface area contributed by atoms with Gasteiger partial charge in [-0.25, -0.2) is 22.2 Å². The van der Waals surface area contributed by atoms with Crippen LogP contribution in [-0.4, -0.2) is 16.2 Å². The van der Waals surface area contributed by atoms with Crippen LogP contribution in [0.3, 0.4) is 0 Å². The molecule has 29 heavy (non-hydrogen) atoms. The molecule has 3 aromatic rings. The molecule has 0 saturated carbocycles. The van der Waals surface area contributed by atoms with Crippen LogP contribution in [0.5, 0.6) is 5.75 Å². The topological polar surface area (TPSA) is 47.4 Å². The van der Waals surface area contributed by atoms with Gasteiger partial charge >= 0.3 is 6.18 Å². The lowest BCUT2D eigenvalue weighted by molar-refractivity contribution is -0.143. The van der Waals surface area contributed by atoms with Crippen LogP contribution in [-0.2, 0) is 11.0 Å². The molecule has 1 heterocycles. The molecule has 3 rings (SSSR count). The van der Waals surface area contributed by atoms with Crippen LogP contribution in [0.25, 0.3) is 5.69 Å². The van der Waals surface area contributed by atoms with E-state index >= 15 is 0 Å². The highest BCUT2D eigenvalue weighted by Crippen LogP contribution is 2.38. The van der Waals surface area contributed by atoms with Gasteiger partial charge in [-0.2, -0.15) is 18.3 Å². The fourth-order valence-electron chi connectivity index (χ4n) is 2.41. The molecule has 0 aliphatic heterocycles. The third-order valence-corrected chi connectivity index (χ3v) is 3.63. The Bertz CT molecular complexity index is 1020. The summed E-state index contributed by atoms with van der Waals surface area (Å²) in [5.74, 6) is -10.5. The Balaban J connectivity index is 2.15. The molecule has 0 aliphatic rings. The maximum atomic E-state index is 14.3. The summed E-state index contributed by atoms with van der Waals surface area (Å²) in [6.45, 7) is 0. The van der Waals surface area contributed by atoms with Crippen LogP contribution in [0.1, 0.15) is 5.56 Å². The smallest absolute Gasteiger partial charge is 0.371 e. The van der Waals surface area contributed by atoms with Gasteiger partial charge in [-0.15, -0.1) is 5.06 Å². The van der Waals surface area contributed by atoms with Gasteiger partial charge in [-0.05, 0) is 12.1 Å². The molecule has 0 spiro atoms. The number of hydrogen-bond donors (Lipinski definition) is 0. The number of carbonyl (C=O) groups is 1. The van der Waals surface area contributed by atoms with E-state index in [4.69, 9.17) is 4.84 Å². The minimum Gasteiger partial charge on any atom is -0.371 e. The van der Waals surface area contributed by atoms with Crippen LogP contribution < -0.4 is 9.90 Å². The summed E-state index contributed by atoms with van der Waals surface area (Å²) >= 11 is 0. The second-order valence-electron chi connectivity index (χ2n) is 5.41. The summed E-state index contributed by atoms with van der Waals surface area (Å²) in [7, 11) is 0. The van der Waals surface area contributed by atoms with Gasteiger partial charge in [0.1, 0.15) is 11.3 Å². The van der Waals surface area contributed by atoms with Crippen molar-refractivity contribution in [3.63, 3.8) is 0 Å². The van der Waals surface area contributed by atoms with Crippen LogP contribution in [0.4, 0.5) is 36.6 Å². The van der Waals surface area contributed by atoms with E-state index in [-0.39, 0.29) is 16.8 Å². The number of amides is 1. The van der Waals surface area contributed by atoms with Crippen LogP contribution in [0.15, 0.2) is 42.6 Å². The van der Waals surface area contributed by atoms with Crippen molar-refractivity contribution in [3.05, 3.63) is 71.4 Å². The van der Waals surface area contributed by atoms with Crippen molar-refractivity contribution in [1.29, 1.82) is 0 Å². The third-order valence-electron chi connectivity index (χ3n) is 3.63. The molecule has 152 valence electrons. The number of para-hydroxylation sites is 1. The van der Waals surface area contributed by atoms with Gasteiger partial charge in [-0.1, -0.05) is 18.2 Å². The van der Waals surface area contributed by atoms with Crippen molar-refractivity contribution in [2.24, 2.45) is 0 Å². The Morgan fingerprint density at radius 1 is 0.931 bits per heavy atom. The summed E-state index contributed by atoms with van der Waals surface area (Å²) in [5.41, 5.74) is -4.32. The van der Waals surface area contributed by atoms with Gasteiger partial charge < -0.3 is 4.84 Å². The fraction of sp³-hybridized carbons (Fsp3) is 0.0588. The second kappa shape index (κ2) is 7.45. The summed E-state index contributed by atoms with van der Waals surface area (Å²) in [4.78, 5) is 16.5. The molecule has 0 radical (unpaired) electrons. The predicted octanol–water partition coefficient (Wildman–Crippen LogP) is 4.40. The molecule has 0 aliphatic carbocycles. The van der Waals surface area contributed by atoms with Gasteiger partial charge in [0.15, 0.2) is 34.8 Å². The quantitative estimate of drug-likeness (QED) is 0.267. The molecule has 0 atom stereocenters. The summed E-state index contributed by atoms with van der Waals surface area (Å²) in [6, 6.07) is 8.50. The number of aromatic nitrogens is 2. The Labute approximate surface area is 157 Å². The van der Waals surface area contributed by atoms with Crippen LogP contribution in [0.2, 0.25) is 0 Å². The molecule has 1 aromatic heterocycles. The number of anilines is 1. The monoisotopic (exact) mass is 419 g/mol. The Morgan fingerprint density at radius 3 is 2.03 bits per heavy atom. The Kier molecular flexibility index (Phi) is 5.18. The maximum Gasteiger partial charge on any atom is 0.422 e. The zero-order chi connectivity index (χ0) is 21.3. The fourth-order valence-corrected chi connectivity index (χ4v) is 2.41. The van der Waals surface area contributed by atoms with Gasteiger partial charge in [0.05, 0.1) is 6.20 Å². The molecular formula is C17H8F7N3O2. The van der Waals surface area contributed by atoms with Crippen LogP contribution >= 0.6 is 0 Å². The zero-order valence-electron chi connectivity index (χ0n) is 13.9. The third kappa shape index (κ3) is 3.60. The molecule has 0 N–H and O–H groups in total. The van der Waals surface area contributed by atoms with E-state index in [0.717, 1.165) is 12.3 Å². The van der Waals surface area contributed by atoms with Gasteiger partial charge in [-0.3, -0.25) is 4.79 Å². The molecule has 1 amide bonds. The zero-order valence-corrected chi connectivity index (χ0v) is 13.9. The van der Waals surface area contributed by atoms with E-state index in [9.17, 15) is 35.5 Å². The average Bonchev–Trinajstić information content (AvgIpc) is 3.14. The molecule has 0 unspecified atom stereocenters. The predicted molar refractivity (Wildman–Crippen MR) is 84.0 cm³/mol. The lowest BCUT2D eigenvalue weighted by Gasteiger charge is -2.20. The molecule has 5 nitrogen and oxygen atoms in total. The SMILES string of the molecule is O=CN(Oc1ccccc1)c1ccnn1-c1c(F)c(F)c(C(F)(F)F)c(F)c1F. The lowest BCUT2D eigenvalue weighted by atomic mass is 10.1. The number of halogens is 7. The Hall–Kier alpha value is -3.57. The Morgan fingerprint density at radius 2 is 1.52 bits per heavy atom. The first-order valence-corrected chi connectivity index (χ1v) is 7.62. The average molecular weight is 419 g/mol. The highest BCUT2D eigenvalue weighted by molar-refractivity contribution is 5.71. The van der Waals surface area contributed by atoms with Gasteiger partial charge in [0, 0.05) is 6.07 Å². The molecule has 12 heteroatoms. The normalized spacial score (nSPS) is 11.4. The maximum absolute atomic E-state index is 14.3. The van der Waals surface area contributed by atoms with E-state index in [1.807, 2.05) is 0 Å². The first-order chi connectivity index (χ1) is 13.7. The lowest BCUT2D eigenvalue weighted by Crippen LogP contribution is -2.28. The van der Waals surface area contributed by atoms with Crippen molar-refractivity contribution >= 4 is 12.2 Å². The van der Waals surface area contributed by atoms with E-state index in [2.05, 4.69) is 5.10 Å². The summed E-state index contributed by atoms with van der Waals surface area (Å²) in [5, 5.41) is 3.85. The van der Waals surface area contributed by atoms with Crippen LogP contribution in [0, 0.1) is 23.3 Å². The minimum atomic E-state index is -5.69. The highest BCUT2D eigenvalue weighted by atomic mass is 19.4. The second-order valence-corrected chi connectivity index (χ2v) is 5.41. The number of rotatable bonds is 5. The number of alkyl halides is 3. The summed E-state index contributed by atoms with van der Waals surface area (Å²) < 4.78 is 94.8. The first-order valence-electron chi connectivity index (χ1n) is 7.62. The molecule has 0 bridgehead atoms. The number of nitrogens with zero attached hydrogens (tertiary/aromatic N) is 3. The number of hydroxylamine groups is 1. The van der Waals surface area contributed by atoms with E-state index in [1.54, 1.807) is 6.07 Å². The van der Waals surface area contributed by atoms with E-state index in [1.165, 1.54) is 24.3 Å². The van der Waals surface area contributed by atoms with Crippen molar-refractivity contribution in [2.45, 2.75) is 6.18 Å². The van der Waals surface area contributed by atoms with Gasteiger partial charge in [0.25, 0.3) is 0 Å². The van der Waals surface area contributed by atoms with Crippen molar-refractivity contribution < 1.29 is 40.4 Å². The molecule has 0 saturated heterocycles. The number of hydrogen-bond acceptors (Lipinski definition) is 3. The number of carbonyl (C=O) groups excluding carboxylic acids is 1. The minimum absolute atomic E-state index is 0.0487. The van der Waals surface area contributed by atoms with Crippen molar-refractivity contribution in [1.82, 2.24) is 9.78 Å². The number of benzene rings is 2. The first kappa shape index (κ1) is 20.2. The van der Waals surface area contributed by atoms with Crippen molar-refractivity contribution in [2.75, 3.05) is 5.06 Å². The largest absolute Gasteiger partial charge is 0.422 e. The van der Waals surface area contributed by atoms with Crippen molar-refractivity contribution in [3.8, 4) is 11.4 Å². The highest BCUT2D eigenvalue weighted by Gasteiger charge is 2.43. The van der Waals surface area contributed by atoms with Gasteiger partial charge in [0.2, 0.25) is 6.41 Å². The molecule has 0 fully saturated rings.